The highest BCUT2D eigenvalue weighted by molar-refractivity contribution is 7.71. The Bertz CT molecular complexity index is 814. The van der Waals surface area contributed by atoms with Crippen LogP contribution in [0.3, 0.4) is 0 Å². The molecule has 6 nitrogen and oxygen atoms in total. The zero-order valence-corrected chi connectivity index (χ0v) is 16.0. The van der Waals surface area contributed by atoms with Gasteiger partial charge in [0.05, 0.1) is 6.54 Å². The molecule has 0 spiro atoms. The van der Waals surface area contributed by atoms with Gasteiger partial charge < -0.3 is 14.7 Å². The third kappa shape index (κ3) is 4.60. The summed E-state index contributed by atoms with van der Waals surface area (Å²) in [6.07, 6.45) is 3.50. The zero-order valence-electron chi connectivity index (χ0n) is 15.2. The minimum Gasteiger partial charge on any atom is -0.486 e. The van der Waals surface area contributed by atoms with Gasteiger partial charge in [0.1, 0.15) is 25.0 Å². The molecule has 140 valence electrons. The lowest BCUT2D eigenvalue weighted by atomic mass is 10.1. The van der Waals surface area contributed by atoms with E-state index in [0.29, 0.717) is 24.6 Å². The van der Waals surface area contributed by atoms with Crippen LogP contribution in [0.15, 0.2) is 36.9 Å². The molecule has 3 rings (SSSR count). The number of piperidine rings is 1. The SMILES string of the molecule is C=CCn1c(COc2cccc(C)c2)nn(C[NH+]2CCC[C@H](O)C2)c1=S. The molecule has 7 heteroatoms. The van der Waals surface area contributed by atoms with Gasteiger partial charge in [0, 0.05) is 6.54 Å². The molecule has 2 heterocycles. The summed E-state index contributed by atoms with van der Waals surface area (Å²) in [5.41, 5.74) is 1.16. The van der Waals surface area contributed by atoms with Gasteiger partial charge in [0.2, 0.25) is 4.77 Å². The lowest BCUT2D eigenvalue weighted by molar-refractivity contribution is -0.931. The van der Waals surface area contributed by atoms with Gasteiger partial charge in [-0.3, -0.25) is 4.57 Å². The van der Waals surface area contributed by atoms with Crippen molar-refractivity contribution in [3.63, 3.8) is 0 Å². The highest BCUT2D eigenvalue weighted by Gasteiger charge is 2.22. The Balaban J connectivity index is 1.76. The van der Waals surface area contributed by atoms with Gasteiger partial charge in [-0.1, -0.05) is 18.2 Å². The summed E-state index contributed by atoms with van der Waals surface area (Å²) in [7, 11) is 0. The Morgan fingerprint density at radius 1 is 1.50 bits per heavy atom. The number of aryl methyl sites for hydroxylation is 1. The smallest absolute Gasteiger partial charge is 0.203 e. The van der Waals surface area contributed by atoms with E-state index in [0.717, 1.165) is 43.1 Å². The van der Waals surface area contributed by atoms with Crippen LogP contribution in [-0.4, -0.2) is 38.6 Å². The first kappa shape index (κ1) is 18.8. The molecule has 0 aliphatic carbocycles. The third-order valence-corrected chi connectivity index (χ3v) is 5.07. The molecule has 0 amide bonds. The molecule has 26 heavy (non-hydrogen) atoms. The largest absolute Gasteiger partial charge is 0.486 e. The Labute approximate surface area is 159 Å². The Hall–Kier alpha value is -1.96. The Morgan fingerprint density at radius 3 is 3.08 bits per heavy atom. The number of rotatable bonds is 7. The number of allylic oxidation sites excluding steroid dienone is 1. The van der Waals surface area contributed by atoms with E-state index in [-0.39, 0.29) is 6.10 Å². The molecule has 0 bridgehead atoms. The van der Waals surface area contributed by atoms with E-state index in [2.05, 4.69) is 11.7 Å². The van der Waals surface area contributed by atoms with Crippen molar-refractivity contribution in [2.45, 2.75) is 45.7 Å². The topological polar surface area (TPSA) is 56.7 Å². The average molecular weight is 376 g/mol. The van der Waals surface area contributed by atoms with E-state index < -0.39 is 0 Å². The maximum absolute atomic E-state index is 9.89. The lowest BCUT2D eigenvalue weighted by Crippen LogP contribution is -3.13. The van der Waals surface area contributed by atoms with Gasteiger partial charge in [-0.15, -0.1) is 11.7 Å². The van der Waals surface area contributed by atoms with Crippen LogP contribution in [0.1, 0.15) is 24.2 Å². The van der Waals surface area contributed by atoms with Gasteiger partial charge in [-0.25, -0.2) is 0 Å². The van der Waals surface area contributed by atoms with Crippen molar-refractivity contribution in [3.05, 3.63) is 53.1 Å². The number of benzene rings is 1. The zero-order chi connectivity index (χ0) is 18.5. The lowest BCUT2D eigenvalue weighted by Gasteiger charge is -2.26. The summed E-state index contributed by atoms with van der Waals surface area (Å²) in [6, 6.07) is 7.96. The summed E-state index contributed by atoms with van der Waals surface area (Å²) in [4.78, 5) is 1.30. The molecule has 0 radical (unpaired) electrons. The summed E-state index contributed by atoms with van der Waals surface area (Å²) in [6.45, 7) is 9.25. The molecule has 1 fully saturated rings. The number of aromatic nitrogens is 3. The van der Waals surface area contributed by atoms with Crippen molar-refractivity contribution in [2.75, 3.05) is 13.1 Å². The fourth-order valence-electron chi connectivity index (χ4n) is 3.34. The second kappa shape index (κ2) is 8.62. The predicted octanol–water partition coefficient (Wildman–Crippen LogP) is 1.48. The number of nitrogens with zero attached hydrogens (tertiary/aromatic N) is 3. The number of hydrogen-bond donors (Lipinski definition) is 2. The van der Waals surface area contributed by atoms with Gasteiger partial charge >= 0.3 is 0 Å². The number of likely N-dealkylation sites (tertiary alicyclic amines) is 1. The highest BCUT2D eigenvalue weighted by atomic mass is 32.1. The normalized spacial score (nSPS) is 20.1. The van der Waals surface area contributed by atoms with Crippen molar-refractivity contribution in [1.82, 2.24) is 14.3 Å². The molecule has 1 unspecified atom stereocenters. The molecule has 1 aliphatic rings. The van der Waals surface area contributed by atoms with Crippen LogP contribution in [0.2, 0.25) is 0 Å². The quantitative estimate of drug-likeness (QED) is 0.569. The second-order valence-electron chi connectivity index (χ2n) is 6.86. The molecule has 2 aromatic rings. The Kier molecular flexibility index (Phi) is 6.24. The van der Waals surface area contributed by atoms with Crippen molar-refractivity contribution >= 4 is 12.2 Å². The van der Waals surface area contributed by atoms with Crippen molar-refractivity contribution in [3.8, 4) is 5.75 Å². The first-order valence-electron chi connectivity index (χ1n) is 9.05. The summed E-state index contributed by atoms with van der Waals surface area (Å²) >= 11 is 5.61. The number of nitrogens with one attached hydrogen (secondary N) is 1. The summed E-state index contributed by atoms with van der Waals surface area (Å²) in [5, 5.41) is 14.6. The summed E-state index contributed by atoms with van der Waals surface area (Å²) in [5.74, 6) is 1.61. The standard InChI is InChI=1S/C19H26N4O2S/c1-3-9-22-18(13-25-17-8-4-6-15(2)11-17)20-23(19(22)26)14-21-10-5-7-16(24)12-21/h3-4,6,8,11,16,24H,1,5,7,9-10,12-14H2,2H3/p+1/t16-/m0/s1. The van der Waals surface area contributed by atoms with Crippen molar-refractivity contribution in [1.29, 1.82) is 0 Å². The van der Waals surface area contributed by atoms with Crippen LogP contribution in [0.5, 0.6) is 5.75 Å². The molecule has 1 saturated heterocycles. The minimum atomic E-state index is -0.229. The van der Waals surface area contributed by atoms with Crippen LogP contribution in [0, 0.1) is 11.7 Å². The third-order valence-electron chi connectivity index (χ3n) is 4.63. The number of ether oxygens (including phenoxy) is 1. The van der Waals surface area contributed by atoms with Crippen molar-refractivity contribution < 1.29 is 14.7 Å². The van der Waals surface area contributed by atoms with Crippen molar-refractivity contribution in [2.24, 2.45) is 0 Å². The monoisotopic (exact) mass is 375 g/mol. The molecule has 2 atom stereocenters. The van der Waals surface area contributed by atoms with Gasteiger partial charge in [-0.2, -0.15) is 4.68 Å². The summed E-state index contributed by atoms with van der Waals surface area (Å²) < 4.78 is 10.4. The fourth-order valence-corrected chi connectivity index (χ4v) is 3.63. The maximum atomic E-state index is 9.89. The van der Waals surface area contributed by atoms with Crippen LogP contribution in [0.25, 0.3) is 0 Å². The van der Waals surface area contributed by atoms with Crippen LogP contribution >= 0.6 is 12.2 Å². The molecule has 1 aromatic heterocycles. The molecule has 1 aromatic carbocycles. The fraction of sp³-hybridized carbons (Fsp3) is 0.474. The van der Waals surface area contributed by atoms with E-state index in [9.17, 15) is 5.11 Å². The molecule has 1 aliphatic heterocycles. The number of aliphatic hydroxyl groups is 1. The van der Waals surface area contributed by atoms with Crippen LogP contribution in [0.4, 0.5) is 0 Å². The van der Waals surface area contributed by atoms with Crippen LogP contribution < -0.4 is 9.64 Å². The van der Waals surface area contributed by atoms with E-state index >= 15 is 0 Å². The van der Waals surface area contributed by atoms with Crippen LogP contribution in [-0.2, 0) is 19.8 Å². The highest BCUT2D eigenvalue weighted by Crippen LogP contribution is 2.14. The molecular formula is C19H27N4O2S+. The minimum absolute atomic E-state index is 0.229. The molecule has 2 N–H and O–H groups in total. The van der Waals surface area contributed by atoms with E-state index in [1.165, 1.54) is 4.90 Å². The number of quaternary nitrogens is 1. The Morgan fingerprint density at radius 2 is 2.35 bits per heavy atom. The molecule has 0 saturated carbocycles. The number of aliphatic hydroxyl groups excluding tert-OH is 1. The predicted molar refractivity (Wildman–Crippen MR) is 103 cm³/mol. The first-order valence-corrected chi connectivity index (χ1v) is 9.46. The maximum Gasteiger partial charge on any atom is 0.203 e. The first-order chi connectivity index (χ1) is 12.6. The second-order valence-corrected chi connectivity index (χ2v) is 7.23. The van der Waals surface area contributed by atoms with E-state index in [1.807, 2.05) is 46.5 Å². The van der Waals surface area contributed by atoms with Gasteiger partial charge in [0.25, 0.3) is 0 Å². The molecular weight excluding hydrogens is 348 g/mol. The van der Waals surface area contributed by atoms with Gasteiger partial charge in [0.15, 0.2) is 12.5 Å². The van der Waals surface area contributed by atoms with Gasteiger partial charge in [-0.05, 0) is 49.7 Å². The number of hydrogen-bond acceptors (Lipinski definition) is 4. The van der Waals surface area contributed by atoms with E-state index in [1.54, 1.807) is 0 Å². The average Bonchev–Trinajstić information content (AvgIpc) is 2.89. The van der Waals surface area contributed by atoms with E-state index in [4.69, 9.17) is 17.0 Å².